The van der Waals surface area contributed by atoms with Crippen LogP contribution in [0.5, 0.6) is 0 Å². The van der Waals surface area contributed by atoms with E-state index in [1.165, 1.54) is 160 Å². The molecule has 10 saturated carbocycles. The second-order valence-electron chi connectivity index (χ2n) is 33.4. The highest BCUT2D eigenvalue weighted by Gasteiger charge is 2.57. The van der Waals surface area contributed by atoms with E-state index in [9.17, 15) is 0 Å². The number of rotatable bonds is 6. The molecule has 2 heterocycles. The van der Waals surface area contributed by atoms with E-state index in [0.717, 1.165) is 109 Å². The van der Waals surface area contributed by atoms with Crippen molar-refractivity contribution in [2.75, 3.05) is 40.3 Å². The molecule has 0 aromatic heterocycles. The van der Waals surface area contributed by atoms with Crippen molar-refractivity contribution in [3.63, 3.8) is 0 Å². The molecule has 6 spiro atoms. The van der Waals surface area contributed by atoms with Crippen LogP contribution < -0.4 is 0 Å². The normalized spacial score (nSPS) is 33.6. The van der Waals surface area contributed by atoms with Gasteiger partial charge in [0.2, 0.25) is 0 Å². The molecule has 12 aliphatic rings. The summed E-state index contributed by atoms with van der Waals surface area (Å²) < 4.78 is 0. The standard InChI is InChI=1S/C13H25N.C12H23N.C12H22.C11H20.C11H18.C10H18/c1-11(2)12-4-5-13(10-12)6-8-14(3)9-7-13;1-10(2)11-8-12(9-11)4-6-13(3)7-5-12;1-9(2)10-5-12(6-10)7-11(3,4)8-12;2*1-8(2)10-6-11(7-10)4-9(3)5-11;1-8(2)9-6-10(7-9)4-3-5-10/h11-12H,4-10H2,1-3H3;10-11H,4-9H2,1-3H3;9-10H,5-8H2,1-4H3;8-10H,4-7H2,1-3H3;8,10H,3-7H2,1-2H3;8-9H,3-7H2,1-2H3. The summed E-state index contributed by atoms with van der Waals surface area (Å²) in [6, 6.07) is 0. The van der Waals surface area contributed by atoms with E-state index >= 15 is 0 Å². The molecule has 0 amide bonds. The van der Waals surface area contributed by atoms with Crippen LogP contribution in [0.25, 0.3) is 0 Å². The van der Waals surface area contributed by atoms with Crippen molar-refractivity contribution in [3.05, 3.63) is 12.2 Å². The van der Waals surface area contributed by atoms with E-state index in [4.69, 9.17) is 0 Å². The highest BCUT2D eigenvalue weighted by molar-refractivity contribution is 5.19. The van der Waals surface area contributed by atoms with Crippen molar-refractivity contribution < 1.29 is 0 Å². The number of allylic oxidation sites excluding steroid dienone is 1. The van der Waals surface area contributed by atoms with E-state index in [1.807, 2.05) is 0 Å². The van der Waals surface area contributed by atoms with Gasteiger partial charge >= 0.3 is 0 Å². The summed E-state index contributed by atoms with van der Waals surface area (Å²) in [5.74, 6) is 12.9. The van der Waals surface area contributed by atoms with Crippen molar-refractivity contribution >= 4 is 0 Å². The Bertz CT molecular complexity index is 1610. The predicted molar refractivity (Wildman–Crippen MR) is 312 cm³/mol. The average molecular weight is 984 g/mol. The highest BCUT2D eigenvalue weighted by Crippen LogP contribution is 2.67. The van der Waals surface area contributed by atoms with Gasteiger partial charge in [0.15, 0.2) is 0 Å². The fraction of sp³-hybridized carbons (Fsp3) is 0.971. The predicted octanol–water partition coefficient (Wildman–Crippen LogP) is 19.9. The SMILES string of the molecule is C=C1CC2(C1)CC(C(C)C)C2.CC(C)C1CC2(C1)CC(C)(C)C2.CC(C)C1CC2(CCC2)C1.CC(C)C1CC2(CCN(C)CC2)C1.CC(C)C1CCC2(CCN(C)CC2)C1.CC1CC2(C1)CC(C(C)C)C2. The minimum atomic E-state index is 0.682. The van der Waals surface area contributed by atoms with Gasteiger partial charge in [-0.3, -0.25) is 0 Å². The Morgan fingerprint density at radius 3 is 0.986 bits per heavy atom. The zero-order valence-corrected chi connectivity index (χ0v) is 51.3. The Hall–Kier alpha value is -0.340. The number of hydrogen-bond acceptors (Lipinski definition) is 2. The molecule has 1 atom stereocenters. The molecule has 0 radical (unpaired) electrons. The summed E-state index contributed by atoms with van der Waals surface area (Å²) in [5, 5.41) is 0. The molecule has 71 heavy (non-hydrogen) atoms. The van der Waals surface area contributed by atoms with Gasteiger partial charge in [0.05, 0.1) is 0 Å². The maximum Gasteiger partial charge on any atom is -0.00165 e. The average Bonchev–Trinajstić information content (AvgIpc) is 3.59. The lowest BCUT2D eigenvalue weighted by Crippen LogP contribution is -2.52. The van der Waals surface area contributed by atoms with Gasteiger partial charge < -0.3 is 9.80 Å². The van der Waals surface area contributed by atoms with Crippen LogP contribution in [0.4, 0.5) is 0 Å². The van der Waals surface area contributed by atoms with Crippen LogP contribution >= 0.6 is 0 Å². The van der Waals surface area contributed by atoms with Crippen molar-refractivity contribution in [2.45, 2.75) is 271 Å². The van der Waals surface area contributed by atoms with Gasteiger partial charge in [-0.15, -0.1) is 0 Å². The van der Waals surface area contributed by atoms with Crippen molar-refractivity contribution in [3.8, 4) is 0 Å². The van der Waals surface area contributed by atoms with Crippen molar-refractivity contribution in [1.29, 1.82) is 0 Å². The lowest BCUT2D eigenvalue weighted by Gasteiger charge is -2.63. The summed E-state index contributed by atoms with van der Waals surface area (Å²) in [7, 11) is 4.52. The molecule has 12 fully saturated rings. The van der Waals surface area contributed by atoms with Crippen LogP contribution in [0.15, 0.2) is 12.2 Å². The lowest BCUT2D eigenvalue weighted by atomic mass is 9.42. The minimum absolute atomic E-state index is 0.682. The summed E-state index contributed by atoms with van der Waals surface area (Å²) in [6.45, 7) is 45.1. The maximum atomic E-state index is 4.01. The van der Waals surface area contributed by atoms with Crippen LogP contribution in [0.3, 0.4) is 0 Å². The number of piperidine rings is 2. The van der Waals surface area contributed by atoms with Crippen LogP contribution in [0, 0.1) is 115 Å². The van der Waals surface area contributed by atoms with Crippen molar-refractivity contribution in [2.24, 2.45) is 115 Å². The first-order chi connectivity index (χ1) is 33.1. The van der Waals surface area contributed by atoms with Crippen LogP contribution in [0.2, 0.25) is 0 Å². The van der Waals surface area contributed by atoms with Gasteiger partial charge in [0, 0.05) is 0 Å². The van der Waals surface area contributed by atoms with Gasteiger partial charge in [-0.2, -0.15) is 0 Å². The third-order valence-corrected chi connectivity index (χ3v) is 24.4. The van der Waals surface area contributed by atoms with Gasteiger partial charge in [0.25, 0.3) is 0 Å². The molecule has 12 rings (SSSR count). The third kappa shape index (κ3) is 14.4. The summed E-state index contributed by atoms with van der Waals surface area (Å²) in [6.07, 6.45) is 39.1. The molecular formula is C69H126N2. The van der Waals surface area contributed by atoms with E-state index in [0.29, 0.717) is 5.41 Å². The van der Waals surface area contributed by atoms with Crippen LogP contribution in [0.1, 0.15) is 271 Å². The summed E-state index contributed by atoms with van der Waals surface area (Å²) >= 11 is 0. The fourth-order valence-electron chi connectivity index (χ4n) is 18.9. The first-order valence-corrected chi connectivity index (χ1v) is 32.1. The molecule has 10 aliphatic carbocycles. The number of likely N-dealkylation sites (tertiary alicyclic amines) is 2. The topological polar surface area (TPSA) is 6.48 Å². The molecule has 2 nitrogen and oxygen atoms in total. The Morgan fingerprint density at radius 2 is 0.690 bits per heavy atom. The summed E-state index contributed by atoms with van der Waals surface area (Å²) in [4.78, 5) is 4.97. The largest absolute Gasteiger partial charge is 0.306 e. The Morgan fingerprint density at radius 1 is 0.380 bits per heavy atom. The summed E-state index contributed by atoms with van der Waals surface area (Å²) in [5.41, 5.74) is 7.10. The van der Waals surface area contributed by atoms with Crippen molar-refractivity contribution in [1.82, 2.24) is 9.80 Å². The highest BCUT2D eigenvalue weighted by atomic mass is 15.1. The van der Waals surface area contributed by atoms with Crippen LogP contribution in [-0.2, 0) is 0 Å². The van der Waals surface area contributed by atoms with Crippen LogP contribution in [-0.4, -0.2) is 50.1 Å². The maximum absolute atomic E-state index is 4.01. The zero-order chi connectivity index (χ0) is 52.0. The minimum Gasteiger partial charge on any atom is -0.306 e. The molecule has 2 saturated heterocycles. The third-order valence-electron chi connectivity index (χ3n) is 24.4. The molecule has 0 aromatic carbocycles. The Kier molecular flexibility index (Phi) is 18.8. The fourth-order valence-corrected chi connectivity index (χ4v) is 18.9. The quantitative estimate of drug-likeness (QED) is 0.245. The second kappa shape index (κ2) is 22.9. The molecule has 0 N–H and O–H groups in total. The molecular weight excluding hydrogens is 857 g/mol. The number of nitrogens with zero attached hydrogens (tertiary/aromatic N) is 2. The van der Waals surface area contributed by atoms with Gasteiger partial charge in [0.1, 0.15) is 0 Å². The molecule has 2 aliphatic heterocycles. The first-order valence-electron chi connectivity index (χ1n) is 32.1. The monoisotopic (exact) mass is 983 g/mol. The van der Waals surface area contributed by atoms with E-state index in [2.05, 4.69) is 134 Å². The molecule has 0 aromatic rings. The second-order valence-corrected chi connectivity index (χ2v) is 33.4. The molecule has 0 bridgehead atoms. The van der Waals surface area contributed by atoms with E-state index < -0.39 is 0 Å². The smallest absolute Gasteiger partial charge is 0.00165 e. The molecule has 412 valence electrons. The van der Waals surface area contributed by atoms with Gasteiger partial charge in [-0.05, 0) is 316 Å². The Labute approximate surface area is 445 Å². The number of hydrogen-bond donors (Lipinski definition) is 0. The Balaban J connectivity index is 0.000000126. The lowest BCUT2D eigenvalue weighted by molar-refractivity contribution is -0.121. The van der Waals surface area contributed by atoms with Gasteiger partial charge in [-0.25, -0.2) is 0 Å². The first kappa shape index (κ1) is 58.3. The van der Waals surface area contributed by atoms with E-state index in [-0.39, 0.29) is 0 Å². The zero-order valence-electron chi connectivity index (χ0n) is 51.3. The molecule has 2 heteroatoms. The van der Waals surface area contributed by atoms with E-state index in [1.54, 1.807) is 38.5 Å². The molecule has 1 unspecified atom stereocenters. The van der Waals surface area contributed by atoms with Gasteiger partial charge in [-0.1, -0.05) is 122 Å².